The van der Waals surface area contributed by atoms with Crippen LogP contribution in [0.5, 0.6) is 11.5 Å². The maximum Gasteiger partial charge on any atom is 0.586 e. The maximum atomic E-state index is 12.7. The Hall–Kier alpha value is -1.17. The number of benzene rings is 1. The second kappa shape index (κ2) is 3.69. The summed E-state index contributed by atoms with van der Waals surface area (Å²) in [5.74, 6) is -0.394. The Bertz CT molecular complexity index is 446. The molecule has 1 aliphatic rings. The summed E-state index contributed by atoms with van der Waals surface area (Å²) in [6.45, 7) is 1.65. The van der Waals surface area contributed by atoms with Crippen molar-refractivity contribution >= 4 is 21.7 Å². The van der Waals surface area contributed by atoms with Crippen LogP contribution in [0, 0.1) is 0 Å². The largest absolute Gasteiger partial charge is 0.586 e. The van der Waals surface area contributed by atoms with Crippen molar-refractivity contribution in [2.45, 2.75) is 18.0 Å². The highest BCUT2D eigenvalue weighted by Gasteiger charge is 2.43. The Morgan fingerprint density at radius 2 is 2.00 bits per heavy atom. The number of halogens is 3. The van der Waals surface area contributed by atoms with E-state index in [9.17, 15) is 13.6 Å². The van der Waals surface area contributed by atoms with Gasteiger partial charge in [0.25, 0.3) is 0 Å². The lowest BCUT2D eigenvalue weighted by molar-refractivity contribution is -0.286. The summed E-state index contributed by atoms with van der Waals surface area (Å²) in [4.78, 5) is 11.2. The minimum Gasteiger partial charge on any atom is -0.395 e. The molecule has 1 aliphatic heterocycles. The molecule has 0 bridgehead atoms. The average Bonchev–Trinajstić information content (AvgIpc) is 2.48. The molecule has 0 aromatic heterocycles. The van der Waals surface area contributed by atoms with E-state index in [1.165, 1.54) is 18.2 Å². The summed E-state index contributed by atoms with van der Waals surface area (Å²) in [5.41, 5.74) is 0.296. The van der Waals surface area contributed by atoms with Crippen LogP contribution < -0.4 is 9.47 Å². The normalized spacial score (nSPS) is 18.2. The van der Waals surface area contributed by atoms with Crippen LogP contribution >= 0.6 is 15.9 Å². The number of carbonyl (C=O) groups excluding carboxylic acids is 1. The number of ketones is 1. The van der Waals surface area contributed by atoms with Crippen LogP contribution in [-0.4, -0.2) is 16.9 Å². The van der Waals surface area contributed by atoms with Gasteiger partial charge < -0.3 is 9.47 Å². The van der Waals surface area contributed by atoms with Gasteiger partial charge in [0.15, 0.2) is 17.3 Å². The van der Waals surface area contributed by atoms with Crippen LogP contribution in [0.4, 0.5) is 8.78 Å². The first-order valence-electron chi connectivity index (χ1n) is 4.47. The van der Waals surface area contributed by atoms with E-state index in [0.29, 0.717) is 5.56 Å². The summed E-state index contributed by atoms with van der Waals surface area (Å²) < 4.78 is 33.8. The van der Waals surface area contributed by atoms with E-state index in [2.05, 4.69) is 25.4 Å². The van der Waals surface area contributed by atoms with Crippen LogP contribution in [-0.2, 0) is 0 Å². The zero-order valence-corrected chi connectivity index (χ0v) is 9.75. The predicted molar refractivity (Wildman–Crippen MR) is 55.4 cm³/mol. The zero-order chi connectivity index (χ0) is 11.9. The third-order valence-electron chi connectivity index (χ3n) is 2.05. The van der Waals surface area contributed by atoms with Crippen molar-refractivity contribution in [2.75, 3.05) is 0 Å². The molecule has 1 aromatic carbocycles. The molecule has 1 unspecified atom stereocenters. The molecule has 0 amide bonds. The average molecular weight is 293 g/mol. The van der Waals surface area contributed by atoms with Gasteiger partial charge in [-0.25, -0.2) is 0 Å². The van der Waals surface area contributed by atoms with Crippen molar-refractivity contribution in [3.63, 3.8) is 0 Å². The van der Waals surface area contributed by atoms with Crippen molar-refractivity contribution in [3.05, 3.63) is 23.8 Å². The summed E-state index contributed by atoms with van der Waals surface area (Å²) in [6.07, 6.45) is -3.65. The third kappa shape index (κ3) is 2.02. The summed E-state index contributed by atoms with van der Waals surface area (Å²) in [6, 6.07) is 3.96. The lowest BCUT2D eigenvalue weighted by atomic mass is 10.1. The number of carbonyl (C=O) groups is 1. The summed E-state index contributed by atoms with van der Waals surface area (Å²) in [5, 5.41) is 0. The number of alkyl halides is 3. The standard InChI is InChI=1S/C10H7BrF2O3/c1-5(11)9(14)6-2-3-7-8(4-6)16-10(12,13)15-7/h2-5H,1H3. The van der Waals surface area contributed by atoms with Crippen molar-refractivity contribution in [1.82, 2.24) is 0 Å². The highest BCUT2D eigenvalue weighted by Crippen LogP contribution is 2.41. The van der Waals surface area contributed by atoms with Gasteiger partial charge in [-0.3, -0.25) is 4.79 Å². The van der Waals surface area contributed by atoms with Crippen LogP contribution in [0.1, 0.15) is 17.3 Å². The molecule has 1 aromatic rings. The smallest absolute Gasteiger partial charge is 0.395 e. The number of hydrogen-bond donors (Lipinski definition) is 0. The predicted octanol–water partition coefficient (Wildman–Crippen LogP) is 2.97. The molecule has 0 fully saturated rings. The number of hydrogen-bond acceptors (Lipinski definition) is 3. The molecule has 1 atom stereocenters. The number of ether oxygens (including phenoxy) is 2. The fourth-order valence-electron chi connectivity index (χ4n) is 1.33. The fraction of sp³-hybridized carbons (Fsp3) is 0.300. The second-order valence-electron chi connectivity index (χ2n) is 3.31. The first kappa shape index (κ1) is 11.3. The Morgan fingerprint density at radius 1 is 1.38 bits per heavy atom. The van der Waals surface area contributed by atoms with E-state index in [1.54, 1.807) is 6.92 Å². The SMILES string of the molecule is CC(Br)C(=O)c1ccc2c(c1)OC(F)(F)O2. The molecule has 86 valence electrons. The first-order chi connectivity index (χ1) is 7.39. The van der Waals surface area contributed by atoms with E-state index >= 15 is 0 Å². The van der Waals surface area contributed by atoms with Gasteiger partial charge in [-0.05, 0) is 25.1 Å². The Kier molecular flexibility index (Phi) is 2.61. The second-order valence-corrected chi connectivity index (χ2v) is 4.68. The molecule has 6 heteroatoms. The van der Waals surface area contributed by atoms with Gasteiger partial charge in [0.1, 0.15) is 0 Å². The van der Waals surface area contributed by atoms with Gasteiger partial charge in [-0.15, -0.1) is 8.78 Å². The highest BCUT2D eigenvalue weighted by molar-refractivity contribution is 9.10. The van der Waals surface area contributed by atoms with Gasteiger partial charge in [0.05, 0.1) is 4.83 Å². The van der Waals surface area contributed by atoms with Crippen molar-refractivity contribution in [3.8, 4) is 11.5 Å². The van der Waals surface area contributed by atoms with E-state index in [4.69, 9.17) is 0 Å². The Morgan fingerprint density at radius 3 is 2.62 bits per heavy atom. The molecule has 1 heterocycles. The van der Waals surface area contributed by atoms with Crippen molar-refractivity contribution in [2.24, 2.45) is 0 Å². The molecule has 0 saturated heterocycles. The molecule has 0 radical (unpaired) electrons. The van der Waals surface area contributed by atoms with Crippen LogP contribution in [0.3, 0.4) is 0 Å². The number of rotatable bonds is 2. The van der Waals surface area contributed by atoms with Crippen LogP contribution in [0.2, 0.25) is 0 Å². The van der Waals surface area contributed by atoms with Gasteiger partial charge in [0, 0.05) is 5.56 Å². The maximum absolute atomic E-state index is 12.7. The number of Topliss-reactive ketones (excluding diaryl/α,β-unsaturated/α-hetero) is 1. The molecule has 0 N–H and O–H groups in total. The fourth-order valence-corrected chi connectivity index (χ4v) is 1.60. The molecular weight excluding hydrogens is 286 g/mol. The quantitative estimate of drug-likeness (QED) is 0.621. The van der Waals surface area contributed by atoms with Gasteiger partial charge >= 0.3 is 6.29 Å². The molecular formula is C10H7BrF2O3. The lowest BCUT2D eigenvalue weighted by Crippen LogP contribution is -2.25. The van der Waals surface area contributed by atoms with Crippen molar-refractivity contribution in [1.29, 1.82) is 0 Å². The molecule has 0 saturated carbocycles. The van der Waals surface area contributed by atoms with E-state index < -0.39 is 6.29 Å². The minimum absolute atomic E-state index is 0.0659. The van der Waals surface area contributed by atoms with Crippen molar-refractivity contribution < 1.29 is 23.0 Å². The van der Waals surface area contributed by atoms with Crippen LogP contribution in [0.15, 0.2) is 18.2 Å². The van der Waals surface area contributed by atoms with Crippen LogP contribution in [0.25, 0.3) is 0 Å². The lowest BCUT2D eigenvalue weighted by Gasteiger charge is -2.04. The number of fused-ring (bicyclic) bond motifs is 1. The molecule has 0 spiro atoms. The third-order valence-corrected chi connectivity index (χ3v) is 2.46. The van der Waals surface area contributed by atoms with E-state index in [0.717, 1.165) is 0 Å². The van der Waals surface area contributed by atoms with Gasteiger partial charge in [-0.1, -0.05) is 15.9 Å². The van der Waals surface area contributed by atoms with Gasteiger partial charge in [-0.2, -0.15) is 0 Å². The zero-order valence-electron chi connectivity index (χ0n) is 8.17. The topological polar surface area (TPSA) is 35.5 Å². The van der Waals surface area contributed by atoms with E-state index in [-0.39, 0.29) is 22.1 Å². The van der Waals surface area contributed by atoms with Gasteiger partial charge in [0.2, 0.25) is 0 Å². The minimum atomic E-state index is -3.65. The molecule has 2 rings (SSSR count). The molecule has 3 nitrogen and oxygen atoms in total. The first-order valence-corrected chi connectivity index (χ1v) is 5.39. The summed E-state index contributed by atoms with van der Waals surface area (Å²) >= 11 is 3.11. The Balaban J connectivity index is 2.33. The molecule has 0 aliphatic carbocycles. The molecule has 16 heavy (non-hydrogen) atoms. The Labute approximate surface area is 98.5 Å². The monoisotopic (exact) mass is 292 g/mol. The highest BCUT2D eigenvalue weighted by atomic mass is 79.9. The van der Waals surface area contributed by atoms with E-state index in [1.807, 2.05) is 0 Å². The summed E-state index contributed by atoms with van der Waals surface area (Å²) in [7, 11) is 0.